The molecule has 1 aromatic heterocycles. The highest BCUT2D eigenvalue weighted by Gasteiger charge is 2.28. The summed E-state index contributed by atoms with van der Waals surface area (Å²) in [5.41, 5.74) is 0.974. The van der Waals surface area contributed by atoms with E-state index < -0.39 is 5.60 Å². The summed E-state index contributed by atoms with van der Waals surface area (Å²) < 4.78 is 17.0. The van der Waals surface area contributed by atoms with Crippen LogP contribution in [-0.2, 0) is 11.3 Å². The first-order valence-electron chi connectivity index (χ1n) is 10.8. The van der Waals surface area contributed by atoms with Gasteiger partial charge in [-0.3, -0.25) is 9.78 Å². The van der Waals surface area contributed by atoms with Crippen LogP contribution in [0.2, 0.25) is 0 Å². The molecule has 1 aliphatic rings. The van der Waals surface area contributed by atoms with Gasteiger partial charge < -0.3 is 24.0 Å². The molecule has 1 fully saturated rings. The van der Waals surface area contributed by atoms with Crippen molar-refractivity contribution in [3.8, 4) is 11.5 Å². The maximum Gasteiger partial charge on any atom is 0.410 e. The first kappa shape index (κ1) is 23.4. The predicted molar refractivity (Wildman–Crippen MR) is 120 cm³/mol. The van der Waals surface area contributed by atoms with Crippen LogP contribution in [0.4, 0.5) is 4.79 Å². The molecule has 0 saturated carbocycles. The number of benzene rings is 1. The Bertz CT molecular complexity index is 919. The van der Waals surface area contributed by atoms with Crippen molar-refractivity contribution < 1.29 is 23.8 Å². The number of hydrogen-bond donors (Lipinski definition) is 0. The number of nitrogens with zero attached hydrogens (tertiary/aromatic N) is 3. The van der Waals surface area contributed by atoms with Crippen molar-refractivity contribution in [1.82, 2.24) is 14.8 Å². The van der Waals surface area contributed by atoms with E-state index in [0.717, 1.165) is 5.56 Å². The molecule has 0 bridgehead atoms. The van der Waals surface area contributed by atoms with Crippen LogP contribution in [0, 0.1) is 0 Å². The van der Waals surface area contributed by atoms with E-state index in [2.05, 4.69) is 4.98 Å². The highest BCUT2D eigenvalue weighted by atomic mass is 16.6. The first-order chi connectivity index (χ1) is 15.3. The summed E-state index contributed by atoms with van der Waals surface area (Å²) in [5, 5.41) is 0. The van der Waals surface area contributed by atoms with Crippen LogP contribution in [0.25, 0.3) is 0 Å². The van der Waals surface area contributed by atoms with Gasteiger partial charge in [0.25, 0.3) is 5.91 Å². The van der Waals surface area contributed by atoms with Gasteiger partial charge in [-0.15, -0.1) is 0 Å². The van der Waals surface area contributed by atoms with Crippen molar-refractivity contribution in [3.05, 3.63) is 53.9 Å². The third-order valence-corrected chi connectivity index (χ3v) is 4.85. The fraction of sp³-hybridized carbons (Fsp3) is 0.458. The molecule has 1 saturated heterocycles. The van der Waals surface area contributed by atoms with Crippen LogP contribution < -0.4 is 9.47 Å². The number of piperazine rings is 1. The predicted octanol–water partition coefficient (Wildman–Crippen LogP) is 3.75. The maximum atomic E-state index is 13.0. The number of rotatable bonds is 6. The van der Waals surface area contributed by atoms with Gasteiger partial charge in [0, 0.05) is 44.1 Å². The number of carbonyl (C=O) groups is 2. The van der Waals surface area contributed by atoms with Crippen LogP contribution in [0.1, 0.15) is 43.6 Å². The van der Waals surface area contributed by atoms with Crippen molar-refractivity contribution in [2.45, 2.75) is 39.9 Å². The quantitative estimate of drug-likeness (QED) is 0.679. The lowest BCUT2D eigenvalue weighted by molar-refractivity contribution is 0.0141. The Morgan fingerprint density at radius 3 is 2.22 bits per heavy atom. The Labute approximate surface area is 189 Å². The molecule has 1 aliphatic heterocycles. The normalized spacial score (nSPS) is 14.1. The van der Waals surface area contributed by atoms with Gasteiger partial charge in [0.2, 0.25) is 0 Å². The molecule has 2 amide bonds. The molecule has 0 N–H and O–H groups in total. The van der Waals surface area contributed by atoms with E-state index in [0.29, 0.717) is 56.5 Å². The van der Waals surface area contributed by atoms with Crippen molar-refractivity contribution in [3.63, 3.8) is 0 Å². The third-order valence-electron chi connectivity index (χ3n) is 4.85. The molecule has 0 spiro atoms. The van der Waals surface area contributed by atoms with Crippen LogP contribution >= 0.6 is 0 Å². The standard InChI is InChI=1S/C24H31N3O5/c1-5-30-21-16-19(6-7-20(21)31-17-18-8-10-25-11-9-18)22(28)26-12-14-27(15-13-26)23(29)32-24(2,3)4/h6-11,16H,5,12-15,17H2,1-4H3. The zero-order chi connectivity index (χ0) is 23.1. The molecule has 8 heteroatoms. The monoisotopic (exact) mass is 441 g/mol. The van der Waals surface area contributed by atoms with E-state index >= 15 is 0 Å². The summed E-state index contributed by atoms with van der Waals surface area (Å²) in [6, 6.07) is 8.99. The van der Waals surface area contributed by atoms with Gasteiger partial charge in [-0.05, 0) is 63.6 Å². The molecule has 172 valence electrons. The van der Waals surface area contributed by atoms with Gasteiger partial charge in [-0.25, -0.2) is 4.79 Å². The maximum absolute atomic E-state index is 13.0. The minimum atomic E-state index is -0.541. The lowest BCUT2D eigenvalue weighted by Crippen LogP contribution is -2.51. The van der Waals surface area contributed by atoms with E-state index in [4.69, 9.17) is 14.2 Å². The number of amides is 2. The fourth-order valence-electron chi connectivity index (χ4n) is 3.27. The van der Waals surface area contributed by atoms with Gasteiger partial charge >= 0.3 is 6.09 Å². The smallest absolute Gasteiger partial charge is 0.410 e. The molecule has 0 aliphatic carbocycles. The van der Waals surface area contributed by atoms with Crippen LogP contribution in [-0.4, -0.2) is 65.2 Å². The average molecular weight is 442 g/mol. The Morgan fingerprint density at radius 2 is 1.59 bits per heavy atom. The zero-order valence-corrected chi connectivity index (χ0v) is 19.2. The zero-order valence-electron chi connectivity index (χ0n) is 19.2. The lowest BCUT2D eigenvalue weighted by Gasteiger charge is -2.35. The number of hydrogen-bond acceptors (Lipinski definition) is 6. The largest absolute Gasteiger partial charge is 0.490 e. The summed E-state index contributed by atoms with van der Waals surface area (Å²) in [6.07, 6.45) is 3.08. The van der Waals surface area contributed by atoms with Gasteiger partial charge in [0.05, 0.1) is 6.61 Å². The summed E-state index contributed by atoms with van der Waals surface area (Å²) in [7, 11) is 0. The van der Waals surface area contributed by atoms with Gasteiger partial charge in [0.15, 0.2) is 11.5 Å². The molecule has 0 radical (unpaired) electrons. The van der Waals surface area contributed by atoms with Crippen molar-refractivity contribution in [2.24, 2.45) is 0 Å². The van der Waals surface area contributed by atoms with Crippen LogP contribution in [0.3, 0.4) is 0 Å². The summed E-state index contributed by atoms with van der Waals surface area (Å²) in [4.78, 5) is 32.7. The van der Waals surface area contributed by atoms with E-state index in [1.54, 1.807) is 40.4 Å². The van der Waals surface area contributed by atoms with Crippen molar-refractivity contribution in [1.29, 1.82) is 0 Å². The molecular weight excluding hydrogens is 410 g/mol. The van der Waals surface area contributed by atoms with Gasteiger partial charge in [0.1, 0.15) is 12.2 Å². The Balaban J connectivity index is 1.62. The number of ether oxygens (including phenoxy) is 3. The molecule has 1 aromatic carbocycles. The molecule has 0 unspecified atom stereocenters. The molecule has 8 nitrogen and oxygen atoms in total. The highest BCUT2D eigenvalue weighted by Crippen LogP contribution is 2.30. The van der Waals surface area contributed by atoms with E-state index in [9.17, 15) is 9.59 Å². The molecule has 2 heterocycles. The average Bonchev–Trinajstić information content (AvgIpc) is 2.77. The second-order valence-corrected chi connectivity index (χ2v) is 8.50. The second kappa shape index (κ2) is 10.3. The summed E-state index contributed by atoms with van der Waals surface area (Å²) >= 11 is 0. The van der Waals surface area contributed by atoms with E-state index in [1.807, 2.05) is 39.8 Å². The van der Waals surface area contributed by atoms with Crippen LogP contribution in [0.15, 0.2) is 42.7 Å². The summed E-state index contributed by atoms with van der Waals surface area (Å²) in [6.45, 7) is 10.0. The molecule has 2 aromatic rings. The van der Waals surface area contributed by atoms with E-state index in [1.165, 1.54) is 0 Å². The number of pyridine rings is 1. The lowest BCUT2D eigenvalue weighted by atomic mass is 10.1. The molecular formula is C24H31N3O5. The SMILES string of the molecule is CCOc1cc(C(=O)N2CCN(C(=O)OC(C)(C)C)CC2)ccc1OCc1ccncc1. The minimum absolute atomic E-state index is 0.101. The Morgan fingerprint density at radius 1 is 0.938 bits per heavy atom. The highest BCUT2D eigenvalue weighted by molar-refractivity contribution is 5.95. The third kappa shape index (κ3) is 6.35. The van der Waals surface area contributed by atoms with Crippen LogP contribution in [0.5, 0.6) is 11.5 Å². The minimum Gasteiger partial charge on any atom is -0.490 e. The topological polar surface area (TPSA) is 81.2 Å². The summed E-state index contributed by atoms with van der Waals surface area (Å²) in [5.74, 6) is 1.00. The van der Waals surface area contributed by atoms with Crippen molar-refractivity contribution in [2.75, 3.05) is 32.8 Å². The van der Waals surface area contributed by atoms with Gasteiger partial charge in [-0.2, -0.15) is 0 Å². The molecule has 0 atom stereocenters. The second-order valence-electron chi connectivity index (χ2n) is 8.50. The first-order valence-corrected chi connectivity index (χ1v) is 10.8. The number of aromatic nitrogens is 1. The van der Waals surface area contributed by atoms with Gasteiger partial charge in [-0.1, -0.05) is 0 Å². The molecule has 3 rings (SSSR count). The Hall–Kier alpha value is -3.29. The molecule has 32 heavy (non-hydrogen) atoms. The Kier molecular flexibility index (Phi) is 7.56. The van der Waals surface area contributed by atoms with Crippen molar-refractivity contribution >= 4 is 12.0 Å². The van der Waals surface area contributed by atoms with E-state index in [-0.39, 0.29) is 12.0 Å². The number of carbonyl (C=O) groups excluding carboxylic acids is 2. The fourth-order valence-corrected chi connectivity index (χ4v) is 3.27.